The first kappa shape index (κ1) is 13.4. The van der Waals surface area contributed by atoms with Crippen LogP contribution in [0.5, 0.6) is 0 Å². The Kier molecular flexibility index (Phi) is 4.00. The molecule has 0 fully saturated rings. The molecule has 0 radical (unpaired) electrons. The second-order valence-corrected chi connectivity index (χ2v) is 4.83. The van der Waals surface area contributed by atoms with Crippen LogP contribution in [0, 0.1) is 0 Å². The van der Waals surface area contributed by atoms with Gasteiger partial charge in [-0.1, -0.05) is 6.92 Å². The molecule has 3 aromatic rings. The van der Waals surface area contributed by atoms with Crippen molar-refractivity contribution < 1.29 is 4.42 Å². The molecule has 0 saturated carbocycles. The molecule has 0 aliphatic rings. The van der Waals surface area contributed by atoms with Crippen molar-refractivity contribution in [3.8, 4) is 11.3 Å². The Bertz CT molecular complexity index is 671. The predicted octanol–water partition coefficient (Wildman–Crippen LogP) is 3.56. The van der Waals surface area contributed by atoms with Crippen molar-refractivity contribution >= 4 is 5.69 Å². The lowest BCUT2D eigenvalue weighted by Crippen LogP contribution is -2.08. The van der Waals surface area contributed by atoms with E-state index >= 15 is 0 Å². The van der Waals surface area contributed by atoms with E-state index in [9.17, 15) is 0 Å². The van der Waals surface area contributed by atoms with Gasteiger partial charge in [0.1, 0.15) is 5.82 Å². The molecule has 0 spiro atoms. The lowest BCUT2D eigenvalue weighted by Gasteiger charge is -2.09. The van der Waals surface area contributed by atoms with Gasteiger partial charge in [-0.25, -0.2) is 9.97 Å². The Hall–Kier alpha value is -2.56. The number of aryl methyl sites for hydroxylation is 1. The summed E-state index contributed by atoms with van der Waals surface area (Å²) >= 11 is 0. The summed E-state index contributed by atoms with van der Waals surface area (Å²) in [6, 6.07) is 8.10. The van der Waals surface area contributed by atoms with Gasteiger partial charge >= 0.3 is 0 Å². The van der Waals surface area contributed by atoms with E-state index in [-0.39, 0.29) is 0 Å². The Morgan fingerprint density at radius 1 is 1.24 bits per heavy atom. The van der Waals surface area contributed by atoms with Gasteiger partial charge in [0.15, 0.2) is 12.2 Å². The molecule has 2 heterocycles. The molecule has 0 aliphatic carbocycles. The smallest absolute Gasteiger partial charge is 0.181 e. The Labute approximate surface area is 123 Å². The van der Waals surface area contributed by atoms with E-state index in [1.54, 1.807) is 6.20 Å². The molecule has 1 aromatic carbocycles. The van der Waals surface area contributed by atoms with Crippen LogP contribution in [0.15, 0.2) is 53.7 Å². The number of imidazole rings is 1. The SMILES string of the molecule is CCCn1ccnc1CNc1ccc(-c2cnco2)cc1. The van der Waals surface area contributed by atoms with Gasteiger partial charge in [-0.3, -0.25) is 0 Å². The summed E-state index contributed by atoms with van der Waals surface area (Å²) in [6.07, 6.45) is 8.13. The number of anilines is 1. The van der Waals surface area contributed by atoms with Crippen LogP contribution in [-0.4, -0.2) is 14.5 Å². The fourth-order valence-corrected chi connectivity index (χ4v) is 2.24. The maximum atomic E-state index is 5.28. The van der Waals surface area contributed by atoms with Gasteiger partial charge in [0.25, 0.3) is 0 Å². The molecule has 5 nitrogen and oxygen atoms in total. The highest BCUT2D eigenvalue weighted by Crippen LogP contribution is 2.20. The summed E-state index contributed by atoms with van der Waals surface area (Å²) in [5.41, 5.74) is 2.08. The molecule has 21 heavy (non-hydrogen) atoms. The number of nitrogens with zero attached hydrogens (tertiary/aromatic N) is 3. The quantitative estimate of drug-likeness (QED) is 0.751. The monoisotopic (exact) mass is 282 g/mol. The van der Waals surface area contributed by atoms with Gasteiger partial charge in [-0.2, -0.15) is 0 Å². The molecule has 0 amide bonds. The number of rotatable bonds is 6. The Morgan fingerprint density at radius 3 is 2.81 bits per heavy atom. The zero-order chi connectivity index (χ0) is 14.5. The summed E-state index contributed by atoms with van der Waals surface area (Å²) in [7, 11) is 0. The van der Waals surface area contributed by atoms with E-state index < -0.39 is 0 Å². The van der Waals surface area contributed by atoms with Crippen LogP contribution in [0.1, 0.15) is 19.2 Å². The molecule has 0 atom stereocenters. The summed E-state index contributed by atoms with van der Waals surface area (Å²) in [5, 5.41) is 3.39. The van der Waals surface area contributed by atoms with E-state index in [2.05, 4.69) is 26.8 Å². The third kappa shape index (κ3) is 3.13. The average Bonchev–Trinajstić information content (AvgIpc) is 3.18. The van der Waals surface area contributed by atoms with Crippen molar-refractivity contribution in [3.05, 3.63) is 55.1 Å². The van der Waals surface area contributed by atoms with Crippen molar-refractivity contribution in [2.75, 3.05) is 5.32 Å². The number of oxazole rings is 1. The van der Waals surface area contributed by atoms with E-state index in [0.29, 0.717) is 6.54 Å². The van der Waals surface area contributed by atoms with Crippen molar-refractivity contribution in [2.24, 2.45) is 0 Å². The lowest BCUT2D eigenvalue weighted by molar-refractivity contribution is 0.572. The molecule has 3 rings (SSSR count). The summed E-state index contributed by atoms with van der Waals surface area (Å²) in [4.78, 5) is 8.31. The fourth-order valence-electron chi connectivity index (χ4n) is 2.24. The maximum Gasteiger partial charge on any atom is 0.181 e. The molecule has 0 saturated heterocycles. The van der Waals surface area contributed by atoms with Gasteiger partial charge in [-0.15, -0.1) is 0 Å². The minimum atomic E-state index is 0.717. The van der Waals surface area contributed by atoms with E-state index in [1.165, 1.54) is 6.39 Å². The zero-order valence-corrected chi connectivity index (χ0v) is 12.0. The Balaban J connectivity index is 1.64. The van der Waals surface area contributed by atoms with Gasteiger partial charge in [0.05, 0.1) is 12.7 Å². The summed E-state index contributed by atoms with van der Waals surface area (Å²) in [5.74, 6) is 1.83. The predicted molar refractivity (Wildman–Crippen MR) is 81.8 cm³/mol. The molecule has 5 heteroatoms. The van der Waals surface area contributed by atoms with Crippen LogP contribution in [0.4, 0.5) is 5.69 Å². The van der Waals surface area contributed by atoms with Gasteiger partial charge in [-0.05, 0) is 30.7 Å². The standard InChI is InChI=1S/C16H18N4O/c1-2-8-20-9-7-18-16(20)11-19-14-5-3-13(4-6-14)15-10-17-12-21-15/h3-7,9-10,12,19H,2,8,11H2,1H3. The number of hydrogen-bond acceptors (Lipinski definition) is 4. The van der Waals surface area contributed by atoms with E-state index in [4.69, 9.17) is 4.42 Å². The second-order valence-electron chi connectivity index (χ2n) is 4.83. The van der Waals surface area contributed by atoms with Gasteiger partial charge < -0.3 is 14.3 Å². The molecule has 0 unspecified atom stereocenters. The molecule has 108 valence electrons. The fraction of sp³-hybridized carbons (Fsp3) is 0.250. The maximum absolute atomic E-state index is 5.28. The van der Waals surface area contributed by atoms with E-state index in [0.717, 1.165) is 35.8 Å². The summed E-state index contributed by atoms with van der Waals surface area (Å²) in [6.45, 7) is 3.88. The molecular weight excluding hydrogens is 264 g/mol. The van der Waals surface area contributed by atoms with Crippen LogP contribution in [0.25, 0.3) is 11.3 Å². The second kappa shape index (κ2) is 6.26. The lowest BCUT2D eigenvalue weighted by atomic mass is 10.2. The number of hydrogen-bond donors (Lipinski definition) is 1. The van der Waals surface area contributed by atoms with Crippen LogP contribution < -0.4 is 5.32 Å². The van der Waals surface area contributed by atoms with Crippen molar-refractivity contribution in [2.45, 2.75) is 26.4 Å². The molecule has 1 N–H and O–H groups in total. The first-order chi connectivity index (χ1) is 10.4. The third-order valence-corrected chi connectivity index (χ3v) is 3.32. The molecule has 0 aliphatic heterocycles. The minimum Gasteiger partial charge on any atom is -0.444 e. The van der Waals surface area contributed by atoms with Crippen LogP contribution in [0.3, 0.4) is 0 Å². The first-order valence-electron chi connectivity index (χ1n) is 7.09. The first-order valence-corrected chi connectivity index (χ1v) is 7.09. The topological polar surface area (TPSA) is 55.9 Å². The highest BCUT2D eigenvalue weighted by molar-refractivity contribution is 5.60. The van der Waals surface area contributed by atoms with Crippen LogP contribution >= 0.6 is 0 Å². The van der Waals surface area contributed by atoms with Crippen molar-refractivity contribution in [1.82, 2.24) is 14.5 Å². The largest absolute Gasteiger partial charge is 0.444 e. The highest BCUT2D eigenvalue weighted by atomic mass is 16.3. The third-order valence-electron chi connectivity index (χ3n) is 3.32. The van der Waals surface area contributed by atoms with Gasteiger partial charge in [0, 0.05) is 30.2 Å². The average molecular weight is 282 g/mol. The molecule has 2 aromatic heterocycles. The number of benzene rings is 1. The minimum absolute atomic E-state index is 0.717. The number of aromatic nitrogens is 3. The van der Waals surface area contributed by atoms with Crippen molar-refractivity contribution in [3.63, 3.8) is 0 Å². The van der Waals surface area contributed by atoms with Gasteiger partial charge in [0.2, 0.25) is 0 Å². The van der Waals surface area contributed by atoms with E-state index in [1.807, 2.05) is 36.7 Å². The number of nitrogens with one attached hydrogen (secondary N) is 1. The van der Waals surface area contributed by atoms with Crippen LogP contribution in [-0.2, 0) is 13.1 Å². The van der Waals surface area contributed by atoms with Crippen LogP contribution in [0.2, 0.25) is 0 Å². The van der Waals surface area contributed by atoms with Crippen molar-refractivity contribution in [1.29, 1.82) is 0 Å². The highest BCUT2D eigenvalue weighted by Gasteiger charge is 2.03. The Morgan fingerprint density at radius 2 is 2.10 bits per heavy atom. The normalized spacial score (nSPS) is 10.7. The molecule has 0 bridgehead atoms. The summed E-state index contributed by atoms with van der Waals surface area (Å²) < 4.78 is 7.45. The zero-order valence-electron chi connectivity index (χ0n) is 12.0. The molecular formula is C16H18N4O.